The number of hydrogen-bond acceptors (Lipinski definition) is 5. The smallest absolute Gasteiger partial charge is 0.335 e. The first-order chi connectivity index (χ1) is 18.8. The summed E-state index contributed by atoms with van der Waals surface area (Å²) in [7, 11) is 1.48. The minimum Gasteiger partial charge on any atom is -0.493 e. The SMILES string of the molecule is C#CCOc1c(Br)cc(/C=C2\C(=O)NC(=O)N(c3ccc(C45CC6CC(CC(C6)C4)C5)cc3)C2=O)cc1OC. The minimum atomic E-state index is -0.763. The second kappa shape index (κ2) is 9.87. The molecule has 0 spiro atoms. The molecular weight excluding hydrogens is 560 g/mol. The van der Waals surface area contributed by atoms with Crippen molar-refractivity contribution < 1.29 is 23.9 Å². The van der Waals surface area contributed by atoms with Crippen LogP contribution in [0.15, 0.2) is 46.4 Å². The van der Waals surface area contributed by atoms with Crippen LogP contribution in [0.3, 0.4) is 0 Å². The number of carbonyl (C=O) groups is 3. The van der Waals surface area contributed by atoms with Crippen LogP contribution in [0.4, 0.5) is 10.5 Å². The molecule has 1 heterocycles. The first-order valence-corrected chi connectivity index (χ1v) is 14.1. The number of methoxy groups -OCH3 is 1. The van der Waals surface area contributed by atoms with E-state index in [0.717, 1.165) is 22.7 Å². The van der Waals surface area contributed by atoms with E-state index in [9.17, 15) is 14.4 Å². The number of nitrogens with one attached hydrogen (secondary N) is 1. The van der Waals surface area contributed by atoms with Crippen molar-refractivity contribution in [2.45, 2.75) is 43.9 Å². The Hall–Kier alpha value is -3.57. The number of nitrogens with zero attached hydrogens (tertiary/aromatic N) is 1. The molecule has 5 aliphatic rings. The molecule has 39 heavy (non-hydrogen) atoms. The minimum absolute atomic E-state index is 0.0506. The average Bonchev–Trinajstić information content (AvgIpc) is 2.89. The van der Waals surface area contributed by atoms with E-state index in [0.29, 0.717) is 27.2 Å². The highest BCUT2D eigenvalue weighted by Gasteiger charge is 2.51. The molecule has 0 aromatic heterocycles. The second-order valence-electron chi connectivity index (χ2n) is 11.2. The number of urea groups is 1. The van der Waals surface area contributed by atoms with Gasteiger partial charge in [-0.15, -0.1) is 6.42 Å². The first kappa shape index (κ1) is 25.7. The van der Waals surface area contributed by atoms with Crippen LogP contribution in [0.25, 0.3) is 6.08 Å². The fraction of sp³-hybridized carbons (Fsp3) is 0.387. The largest absolute Gasteiger partial charge is 0.493 e. The lowest BCUT2D eigenvalue weighted by Crippen LogP contribution is -2.54. The highest BCUT2D eigenvalue weighted by atomic mass is 79.9. The Balaban J connectivity index is 1.28. The maximum absolute atomic E-state index is 13.5. The van der Waals surface area contributed by atoms with Crippen molar-refractivity contribution in [1.82, 2.24) is 5.32 Å². The zero-order chi connectivity index (χ0) is 27.3. The van der Waals surface area contributed by atoms with Crippen LogP contribution >= 0.6 is 15.9 Å². The van der Waals surface area contributed by atoms with Gasteiger partial charge in [-0.2, -0.15) is 0 Å². The van der Waals surface area contributed by atoms with Gasteiger partial charge < -0.3 is 9.47 Å². The molecule has 4 saturated carbocycles. The summed E-state index contributed by atoms with van der Waals surface area (Å²) in [5.41, 5.74) is 2.29. The number of barbiturate groups is 1. The van der Waals surface area contributed by atoms with E-state index in [1.807, 2.05) is 12.1 Å². The van der Waals surface area contributed by atoms with Gasteiger partial charge in [-0.1, -0.05) is 18.1 Å². The summed E-state index contributed by atoms with van der Waals surface area (Å²) in [5, 5.41) is 2.30. The number of terminal acetylenes is 1. The second-order valence-corrected chi connectivity index (χ2v) is 12.1. The summed E-state index contributed by atoms with van der Waals surface area (Å²) in [6, 6.07) is 10.3. The molecule has 0 atom stereocenters. The van der Waals surface area contributed by atoms with Crippen LogP contribution in [-0.2, 0) is 15.0 Å². The molecule has 1 N–H and O–H groups in total. The number of hydrogen-bond donors (Lipinski definition) is 1. The van der Waals surface area contributed by atoms with Gasteiger partial charge in [-0.05, 0) is 119 Å². The molecular formula is C31H29BrN2O5. The van der Waals surface area contributed by atoms with Gasteiger partial charge in [0.1, 0.15) is 12.2 Å². The molecule has 0 unspecified atom stereocenters. The Bertz CT molecular complexity index is 1400. The van der Waals surface area contributed by atoms with Crippen molar-refractivity contribution in [1.29, 1.82) is 0 Å². The third-order valence-corrected chi connectivity index (χ3v) is 9.33. The van der Waals surface area contributed by atoms with Gasteiger partial charge in [0.25, 0.3) is 11.8 Å². The van der Waals surface area contributed by atoms with Crippen molar-refractivity contribution >= 4 is 45.5 Å². The van der Waals surface area contributed by atoms with Gasteiger partial charge in [0.2, 0.25) is 0 Å². The number of halogens is 1. The molecule has 1 saturated heterocycles. The molecule has 2 aromatic rings. The van der Waals surface area contributed by atoms with E-state index in [4.69, 9.17) is 15.9 Å². The summed E-state index contributed by atoms with van der Waals surface area (Å²) < 4.78 is 11.5. The fourth-order valence-electron chi connectivity index (χ4n) is 7.56. The van der Waals surface area contributed by atoms with E-state index in [1.165, 1.54) is 57.3 Å². The van der Waals surface area contributed by atoms with Crippen LogP contribution in [0, 0.1) is 30.1 Å². The quantitative estimate of drug-likeness (QED) is 0.269. The molecule has 4 amide bonds. The third kappa shape index (κ3) is 4.53. The van der Waals surface area contributed by atoms with Crippen LogP contribution in [0.5, 0.6) is 11.5 Å². The Morgan fingerprint density at radius 2 is 1.72 bits per heavy atom. The molecule has 2 aromatic carbocycles. The van der Waals surface area contributed by atoms with E-state index in [1.54, 1.807) is 12.1 Å². The maximum atomic E-state index is 13.5. The third-order valence-electron chi connectivity index (χ3n) is 8.74. The standard InChI is InChI=1S/C31H29BrN2O5/c1-3-8-39-27-25(32)13-18(14-26(27)38-2)12-24-28(35)33-30(37)34(29(24)36)23-6-4-22(5-7-23)31-15-19-9-20(16-31)11-21(10-19)17-31/h1,4-7,12-14,19-21H,8-11,15-17H2,2H3,(H,33,35,37)/b24-12+. The molecule has 5 fully saturated rings. The van der Waals surface area contributed by atoms with Gasteiger partial charge in [0.15, 0.2) is 11.5 Å². The Kier molecular flexibility index (Phi) is 6.50. The van der Waals surface area contributed by atoms with Crippen molar-refractivity contribution in [3.63, 3.8) is 0 Å². The van der Waals surface area contributed by atoms with E-state index < -0.39 is 17.8 Å². The molecule has 200 valence electrons. The number of amides is 4. The summed E-state index contributed by atoms with van der Waals surface area (Å²) in [6.45, 7) is 0.0506. The molecule has 8 heteroatoms. The van der Waals surface area contributed by atoms with Gasteiger partial charge >= 0.3 is 6.03 Å². The topological polar surface area (TPSA) is 84.9 Å². The number of benzene rings is 2. The summed E-state index contributed by atoms with van der Waals surface area (Å²) in [4.78, 5) is 40.0. The molecule has 7 nitrogen and oxygen atoms in total. The number of anilines is 1. The lowest BCUT2D eigenvalue weighted by Gasteiger charge is -2.57. The maximum Gasteiger partial charge on any atom is 0.335 e. The highest BCUT2D eigenvalue weighted by Crippen LogP contribution is 2.60. The monoisotopic (exact) mass is 588 g/mol. The number of imide groups is 2. The summed E-state index contributed by atoms with van der Waals surface area (Å²) >= 11 is 3.43. The number of ether oxygens (including phenoxy) is 2. The molecule has 4 aliphatic carbocycles. The van der Waals surface area contributed by atoms with Crippen LogP contribution < -0.4 is 19.7 Å². The Labute approximate surface area is 236 Å². The summed E-state index contributed by atoms with van der Waals surface area (Å²) in [6.07, 6.45) is 14.5. The number of carbonyl (C=O) groups excluding carboxylic acids is 3. The predicted molar refractivity (Wildman–Crippen MR) is 150 cm³/mol. The zero-order valence-corrected chi connectivity index (χ0v) is 23.3. The van der Waals surface area contributed by atoms with Crippen molar-refractivity contribution in [2.24, 2.45) is 17.8 Å². The van der Waals surface area contributed by atoms with Crippen molar-refractivity contribution in [3.05, 3.63) is 57.6 Å². The summed E-state index contributed by atoms with van der Waals surface area (Å²) in [5.74, 6) is 4.21. The lowest BCUT2D eigenvalue weighted by molar-refractivity contribution is -0.122. The Morgan fingerprint density at radius 1 is 1.08 bits per heavy atom. The highest BCUT2D eigenvalue weighted by molar-refractivity contribution is 9.10. The molecule has 4 bridgehead atoms. The fourth-order valence-corrected chi connectivity index (χ4v) is 8.14. The van der Waals surface area contributed by atoms with Crippen molar-refractivity contribution in [2.75, 3.05) is 18.6 Å². The Morgan fingerprint density at radius 3 is 2.31 bits per heavy atom. The first-order valence-electron chi connectivity index (χ1n) is 13.3. The van der Waals surface area contributed by atoms with Gasteiger partial charge in [-0.25, -0.2) is 9.69 Å². The average molecular weight is 589 g/mol. The van der Waals surface area contributed by atoms with E-state index >= 15 is 0 Å². The van der Waals surface area contributed by atoms with Crippen LogP contribution in [0.1, 0.15) is 49.7 Å². The number of rotatable bonds is 6. The van der Waals surface area contributed by atoms with Gasteiger partial charge in [0, 0.05) is 0 Å². The predicted octanol–water partition coefficient (Wildman–Crippen LogP) is 5.60. The zero-order valence-electron chi connectivity index (χ0n) is 21.7. The molecule has 1 aliphatic heterocycles. The van der Waals surface area contributed by atoms with Crippen molar-refractivity contribution in [3.8, 4) is 23.8 Å². The van der Waals surface area contributed by atoms with Gasteiger partial charge in [-0.3, -0.25) is 14.9 Å². The lowest BCUT2D eigenvalue weighted by atomic mass is 9.48. The van der Waals surface area contributed by atoms with Gasteiger partial charge in [0.05, 0.1) is 17.3 Å². The molecule has 0 radical (unpaired) electrons. The normalized spacial score (nSPS) is 28.4. The van der Waals surface area contributed by atoms with E-state index in [2.05, 4.69) is 39.3 Å². The van der Waals surface area contributed by atoms with Crippen LogP contribution in [0.2, 0.25) is 0 Å². The molecule has 7 rings (SSSR count). The van der Waals surface area contributed by atoms with E-state index in [-0.39, 0.29) is 17.6 Å². The van der Waals surface area contributed by atoms with Crippen LogP contribution in [-0.4, -0.2) is 31.6 Å².